The molecule has 0 aliphatic heterocycles. The molecule has 0 atom stereocenters. The number of rotatable bonds is 2. The Morgan fingerprint density at radius 1 is 0.571 bits per heavy atom. The van der Waals surface area contributed by atoms with Crippen molar-refractivity contribution in [2.24, 2.45) is 11.5 Å². The molecule has 0 aliphatic rings. The fraction of sp³-hybridized carbons (Fsp3) is 0.333. The third kappa shape index (κ3) is 451. The van der Waals surface area contributed by atoms with Gasteiger partial charge in [0.15, 0.2) is 0 Å². The molecule has 0 aromatic carbocycles. The summed E-state index contributed by atoms with van der Waals surface area (Å²) in [6, 6.07) is 0. The Kier molecular flexibility index (Phi) is 74.8. The van der Waals surface area contributed by atoms with Crippen molar-refractivity contribution in [3.63, 3.8) is 0 Å². The molecule has 0 radical (unpaired) electrons. The maximum absolute atomic E-state index is 9.13. The van der Waals surface area contributed by atoms with Crippen LogP contribution in [0.15, 0.2) is 0 Å². The molecule has 15 heteroatoms. The molecule has 0 amide bonds. The molecule has 0 aliphatic carbocycles. The zero-order chi connectivity index (χ0) is 15.7. The Balaban J connectivity index is -0.0000000239. The van der Waals surface area contributed by atoms with E-state index in [-0.39, 0.29) is 82.2 Å². The van der Waals surface area contributed by atoms with E-state index in [9.17, 15) is 0 Å². The summed E-state index contributed by atoms with van der Waals surface area (Å²) in [4.78, 5) is 34.9. The third-order valence-electron chi connectivity index (χ3n) is 0.333. The minimum absolute atomic E-state index is 0. The Morgan fingerprint density at radius 3 is 0.619 bits per heavy atom. The van der Waals surface area contributed by atoms with Crippen molar-refractivity contribution in [2.45, 2.75) is 0 Å². The van der Waals surface area contributed by atoms with Gasteiger partial charge in [-0.3, -0.25) is 0 Å². The van der Waals surface area contributed by atoms with Crippen molar-refractivity contribution in [1.29, 1.82) is 0 Å². The van der Waals surface area contributed by atoms with Crippen LogP contribution < -0.4 is 42.1 Å². The fourth-order valence-corrected chi connectivity index (χ4v) is 0. The Labute approximate surface area is 166 Å². The number of hydrogen-bond donors (Lipinski definition) is 2. The van der Waals surface area contributed by atoms with Crippen molar-refractivity contribution in [3.8, 4) is 0 Å². The molecule has 0 bridgehead atoms. The molecular weight excluding hydrogens is 333 g/mol. The zero-order valence-corrected chi connectivity index (χ0v) is 15.0. The average Bonchev–Trinajstić information content (AvgIpc) is 2.16. The van der Waals surface area contributed by atoms with E-state index in [0.29, 0.717) is 0 Å². The standard InChI is InChI=1S/2C2H5NO2.2CH2O3.3Mg/c2*3-1-2(4)5;2*2-1(3)4;;;/h2*1,3H2,(H,4,5);2*(H2,2,3,4);;;/q;;;;3*+2/p-6. The van der Waals surface area contributed by atoms with E-state index in [4.69, 9.17) is 49.8 Å². The molecule has 0 aromatic heterocycles. The smallest absolute Gasteiger partial charge is 0.652 e. The van der Waals surface area contributed by atoms with Gasteiger partial charge >= 0.3 is 69.2 Å². The first-order valence-corrected chi connectivity index (χ1v) is 3.56. The van der Waals surface area contributed by atoms with E-state index in [0.717, 1.165) is 0 Å². The molecule has 0 saturated carbocycles. The van der Waals surface area contributed by atoms with Crippen LogP contribution in [0.5, 0.6) is 0 Å². The second-order valence-corrected chi connectivity index (χ2v) is 1.65. The van der Waals surface area contributed by atoms with Gasteiger partial charge in [-0.1, -0.05) is 0 Å². The summed E-state index contributed by atoms with van der Waals surface area (Å²) in [6.45, 7) is -0.778. The van der Waals surface area contributed by atoms with Crippen LogP contribution in [-0.4, -0.2) is 106 Å². The van der Waals surface area contributed by atoms with Crippen LogP contribution in [0.1, 0.15) is 0 Å². The van der Waals surface area contributed by atoms with Crippen LogP contribution in [0, 0.1) is 0 Å². The summed E-state index contributed by atoms with van der Waals surface area (Å²) in [7, 11) is 0. The molecule has 0 unspecified atom stereocenters. The molecule has 0 rings (SSSR count). The summed E-state index contributed by atoms with van der Waals surface area (Å²) in [5.74, 6) is -2.44. The fourth-order valence-electron chi connectivity index (χ4n) is 0. The molecular formula is C6H8Mg3N2O10. The molecule has 0 heterocycles. The molecule has 0 aromatic rings. The second kappa shape index (κ2) is 36.7. The number of carbonyl (C=O) groups excluding carboxylic acids is 4. The van der Waals surface area contributed by atoms with Crippen molar-refractivity contribution in [3.05, 3.63) is 0 Å². The number of carbonyl (C=O) groups is 4. The van der Waals surface area contributed by atoms with E-state index in [1.807, 2.05) is 0 Å². The minimum atomic E-state index is -2.33. The summed E-state index contributed by atoms with van der Waals surface area (Å²) in [5, 5.41) is 51.6. The van der Waals surface area contributed by atoms with Gasteiger partial charge in [-0.15, -0.1) is 0 Å². The van der Waals surface area contributed by atoms with E-state index in [1.165, 1.54) is 0 Å². The maximum atomic E-state index is 9.13. The van der Waals surface area contributed by atoms with Gasteiger partial charge in [0.2, 0.25) is 0 Å². The molecule has 4 N–H and O–H groups in total. The van der Waals surface area contributed by atoms with Gasteiger partial charge in [-0.05, 0) is 12.3 Å². The molecule has 0 saturated heterocycles. The number of hydrogen-bond acceptors (Lipinski definition) is 12. The average molecular weight is 341 g/mol. The van der Waals surface area contributed by atoms with E-state index in [1.54, 1.807) is 0 Å². The van der Waals surface area contributed by atoms with Gasteiger partial charge in [0.1, 0.15) is 0 Å². The van der Waals surface area contributed by atoms with Crippen molar-refractivity contribution in [1.82, 2.24) is 0 Å². The van der Waals surface area contributed by atoms with Gasteiger partial charge in [-0.25, -0.2) is 0 Å². The van der Waals surface area contributed by atoms with Crippen LogP contribution in [0.2, 0.25) is 0 Å². The number of carboxylic acids is 2. The van der Waals surface area contributed by atoms with Crippen LogP contribution in [0.3, 0.4) is 0 Å². The quantitative estimate of drug-likeness (QED) is 0.443. The Hall–Kier alpha value is -0.301. The minimum Gasteiger partial charge on any atom is -0.652 e. The van der Waals surface area contributed by atoms with Crippen LogP contribution in [0.4, 0.5) is 9.59 Å². The van der Waals surface area contributed by atoms with Crippen molar-refractivity contribution >= 4 is 93.4 Å². The SMILES string of the molecule is NCC(=O)[O-].NCC(=O)[O-].O=C([O-])[O-].O=C([O-])[O-].[Mg+2].[Mg+2].[Mg+2]. The van der Waals surface area contributed by atoms with Gasteiger partial charge in [-0.2, -0.15) is 0 Å². The van der Waals surface area contributed by atoms with Gasteiger partial charge in [0.25, 0.3) is 0 Å². The number of nitrogens with two attached hydrogens (primary N) is 2. The first-order valence-electron chi connectivity index (χ1n) is 3.56. The van der Waals surface area contributed by atoms with Crippen molar-refractivity contribution < 1.29 is 49.8 Å². The zero-order valence-electron chi connectivity index (χ0n) is 10.8. The molecule has 0 spiro atoms. The van der Waals surface area contributed by atoms with E-state index >= 15 is 0 Å². The molecule has 12 nitrogen and oxygen atoms in total. The van der Waals surface area contributed by atoms with Gasteiger partial charge < -0.3 is 61.3 Å². The van der Waals surface area contributed by atoms with E-state index < -0.39 is 24.2 Å². The predicted molar refractivity (Wildman–Crippen MR) is 56.2 cm³/mol. The topological polar surface area (TPSA) is 259 Å². The predicted octanol–water partition coefficient (Wildman–Crippen LogP) is -10.6. The van der Waals surface area contributed by atoms with Crippen LogP contribution in [0.25, 0.3) is 0 Å². The first-order chi connectivity index (χ1) is 8.00. The Morgan fingerprint density at radius 2 is 0.619 bits per heavy atom. The van der Waals surface area contributed by atoms with Gasteiger partial charge in [0.05, 0.1) is 11.9 Å². The van der Waals surface area contributed by atoms with Crippen molar-refractivity contribution in [2.75, 3.05) is 13.1 Å². The Bertz CT molecular complexity index is 231. The maximum Gasteiger partial charge on any atom is 2.00 e. The van der Waals surface area contributed by atoms with Crippen LogP contribution >= 0.6 is 0 Å². The number of aliphatic carboxylic acids is 2. The number of carboxylic acid groups (broad SMARTS) is 6. The van der Waals surface area contributed by atoms with Crippen LogP contribution in [-0.2, 0) is 9.59 Å². The third-order valence-corrected chi connectivity index (χ3v) is 0.333. The summed E-state index contributed by atoms with van der Waals surface area (Å²) < 4.78 is 0. The second-order valence-electron chi connectivity index (χ2n) is 1.65. The summed E-state index contributed by atoms with van der Waals surface area (Å²) in [6.07, 6.45) is -4.67. The molecule has 108 valence electrons. The monoisotopic (exact) mass is 340 g/mol. The largest absolute Gasteiger partial charge is 2.00 e. The molecule has 0 fully saturated rings. The summed E-state index contributed by atoms with van der Waals surface area (Å²) >= 11 is 0. The summed E-state index contributed by atoms with van der Waals surface area (Å²) in [5.41, 5.74) is 9.02. The molecule has 21 heavy (non-hydrogen) atoms. The normalized spacial score (nSPS) is 5.81. The first kappa shape index (κ1) is 42.8. The van der Waals surface area contributed by atoms with Gasteiger partial charge in [0, 0.05) is 13.1 Å². The van der Waals surface area contributed by atoms with E-state index in [2.05, 4.69) is 11.5 Å².